The van der Waals surface area contributed by atoms with Gasteiger partial charge < -0.3 is 18.9 Å². The second kappa shape index (κ2) is 8.08. The molecule has 1 aliphatic rings. The third kappa shape index (κ3) is 3.83. The van der Waals surface area contributed by atoms with E-state index >= 15 is 0 Å². The number of rotatable bonds is 6. The maximum absolute atomic E-state index is 12.0. The molecule has 0 fully saturated rings. The van der Waals surface area contributed by atoms with Gasteiger partial charge >= 0.3 is 11.9 Å². The molecule has 1 aromatic rings. The number of carbonyl (C=O) groups is 2. The summed E-state index contributed by atoms with van der Waals surface area (Å²) in [5.41, 5.74) is 0.196. The van der Waals surface area contributed by atoms with E-state index in [2.05, 4.69) is 0 Å². The average molecular weight is 334 g/mol. The molecule has 6 nitrogen and oxygen atoms in total. The van der Waals surface area contributed by atoms with E-state index in [1.54, 1.807) is 13.0 Å². The maximum atomic E-state index is 12.0. The van der Waals surface area contributed by atoms with Crippen LogP contribution in [0.2, 0.25) is 0 Å². The largest absolute Gasteiger partial charge is 0.466 e. The fourth-order valence-electron chi connectivity index (χ4n) is 2.58. The van der Waals surface area contributed by atoms with Gasteiger partial charge in [0.15, 0.2) is 0 Å². The van der Waals surface area contributed by atoms with Gasteiger partial charge in [0.1, 0.15) is 0 Å². The van der Waals surface area contributed by atoms with Crippen molar-refractivity contribution in [3.63, 3.8) is 0 Å². The molecule has 1 aromatic carbocycles. The zero-order chi connectivity index (χ0) is 17.6. The Morgan fingerprint density at radius 1 is 1.12 bits per heavy atom. The number of ether oxygens (including phenoxy) is 4. The van der Waals surface area contributed by atoms with Crippen LogP contribution in [0.3, 0.4) is 0 Å². The van der Waals surface area contributed by atoms with E-state index in [1.165, 1.54) is 14.2 Å². The Morgan fingerprint density at radius 2 is 1.75 bits per heavy atom. The number of benzene rings is 1. The van der Waals surface area contributed by atoms with Crippen molar-refractivity contribution in [2.75, 3.05) is 20.8 Å². The van der Waals surface area contributed by atoms with Crippen LogP contribution in [0.15, 0.2) is 42.0 Å². The number of hydrogen-bond acceptors (Lipinski definition) is 6. The highest BCUT2D eigenvalue weighted by Gasteiger charge is 2.52. The van der Waals surface area contributed by atoms with Gasteiger partial charge in [-0.25, -0.2) is 9.59 Å². The molecule has 130 valence electrons. The van der Waals surface area contributed by atoms with Gasteiger partial charge in [0.2, 0.25) is 0 Å². The van der Waals surface area contributed by atoms with E-state index in [0.717, 1.165) is 11.1 Å². The topological polar surface area (TPSA) is 71.1 Å². The normalized spacial score (nSPS) is 19.3. The Kier molecular flexibility index (Phi) is 6.11. The third-order valence-electron chi connectivity index (χ3n) is 3.96. The van der Waals surface area contributed by atoms with E-state index in [1.807, 2.05) is 30.3 Å². The van der Waals surface area contributed by atoms with Gasteiger partial charge in [-0.3, -0.25) is 0 Å². The first-order valence-corrected chi connectivity index (χ1v) is 7.68. The molecule has 0 amide bonds. The van der Waals surface area contributed by atoms with Gasteiger partial charge in [-0.05, 0) is 18.1 Å². The molecular weight excluding hydrogens is 312 g/mol. The molecule has 0 N–H and O–H groups in total. The molecule has 0 saturated carbocycles. The fraction of sp³-hybridized carbons (Fsp3) is 0.444. The second-order valence-corrected chi connectivity index (χ2v) is 5.53. The molecule has 24 heavy (non-hydrogen) atoms. The molecule has 0 aliphatic carbocycles. The standard InChI is InChI=1S/C18H22O6/c1-13-15(12-23-11-14-7-5-4-6-8-14)9-10-18(24-13,16(19)21-2)17(20)22-3/h4-9,13H,10-12H2,1-3H3. The Morgan fingerprint density at radius 3 is 2.29 bits per heavy atom. The molecule has 0 spiro atoms. The van der Waals surface area contributed by atoms with Crippen molar-refractivity contribution < 1.29 is 28.5 Å². The van der Waals surface area contributed by atoms with Gasteiger partial charge in [0.05, 0.1) is 33.5 Å². The Balaban J connectivity index is 2.02. The molecular formula is C18H22O6. The predicted octanol–water partition coefficient (Wildman–Crippen LogP) is 2.02. The zero-order valence-corrected chi connectivity index (χ0v) is 14.1. The van der Waals surface area contributed by atoms with Crippen LogP contribution in [0.25, 0.3) is 0 Å². The molecule has 0 bridgehead atoms. The van der Waals surface area contributed by atoms with Crippen LogP contribution >= 0.6 is 0 Å². The highest BCUT2D eigenvalue weighted by molar-refractivity contribution is 6.04. The summed E-state index contributed by atoms with van der Waals surface area (Å²) < 4.78 is 20.8. The van der Waals surface area contributed by atoms with Gasteiger partial charge in [0.25, 0.3) is 5.60 Å². The quantitative estimate of drug-likeness (QED) is 0.450. The first-order chi connectivity index (χ1) is 11.5. The van der Waals surface area contributed by atoms with Crippen LogP contribution < -0.4 is 0 Å². The second-order valence-electron chi connectivity index (χ2n) is 5.53. The fourth-order valence-corrected chi connectivity index (χ4v) is 2.58. The average Bonchev–Trinajstić information content (AvgIpc) is 2.62. The van der Waals surface area contributed by atoms with Gasteiger partial charge in [0, 0.05) is 6.42 Å². The van der Waals surface area contributed by atoms with Crippen LogP contribution in [0, 0.1) is 0 Å². The van der Waals surface area contributed by atoms with Gasteiger partial charge in [-0.1, -0.05) is 36.4 Å². The van der Waals surface area contributed by atoms with Crippen molar-refractivity contribution in [3.05, 3.63) is 47.5 Å². The van der Waals surface area contributed by atoms with Crippen molar-refractivity contribution in [2.24, 2.45) is 0 Å². The lowest BCUT2D eigenvalue weighted by molar-refractivity contribution is -0.193. The molecule has 0 radical (unpaired) electrons. The van der Waals surface area contributed by atoms with Crippen LogP contribution in [0.5, 0.6) is 0 Å². The summed E-state index contributed by atoms with van der Waals surface area (Å²) in [4.78, 5) is 24.1. The van der Waals surface area contributed by atoms with Crippen molar-refractivity contribution in [2.45, 2.75) is 31.7 Å². The van der Waals surface area contributed by atoms with E-state index in [-0.39, 0.29) is 6.42 Å². The first-order valence-electron chi connectivity index (χ1n) is 7.68. The monoisotopic (exact) mass is 334 g/mol. The molecule has 1 heterocycles. The van der Waals surface area contributed by atoms with Crippen LogP contribution in [-0.4, -0.2) is 44.5 Å². The minimum Gasteiger partial charge on any atom is -0.466 e. The zero-order valence-electron chi connectivity index (χ0n) is 14.1. The van der Waals surface area contributed by atoms with Crippen LogP contribution in [0.4, 0.5) is 0 Å². The number of hydrogen-bond donors (Lipinski definition) is 0. The van der Waals surface area contributed by atoms with E-state index in [0.29, 0.717) is 13.2 Å². The number of methoxy groups -OCH3 is 2. The maximum Gasteiger partial charge on any atom is 0.350 e. The van der Waals surface area contributed by atoms with Crippen molar-refractivity contribution >= 4 is 11.9 Å². The van der Waals surface area contributed by atoms with Crippen molar-refractivity contribution in [3.8, 4) is 0 Å². The summed E-state index contributed by atoms with van der Waals surface area (Å²) in [6.07, 6.45) is 1.38. The molecule has 1 unspecified atom stereocenters. The molecule has 1 atom stereocenters. The molecule has 6 heteroatoms. The first kappa shape index (κ1) is 18.2. The molecule has 0 saturated heterocycles. The van der Waals surface area contributed by atoms with Crippen LogP contribution in [0.1, 0.15) is 18.9 Å². The molecule has 2 rings (SSSR count). The minimum absolute atomic E-state index is 0.0563. The van der Waals surface area contributed by atoms with Gasteiger partial charge in [-0.15, -0.1) is 0 Å². The number of esters is 2. The Bertz CT molecular complexity index is 591. The summed E-state index contributed by atoms with van der Waals surface area (Å²) in [5.74, 6) is -1.52. The summed E-state index contributed by atoms with van der Waals surface area (Å²) in [5, 5.41) is 0. The lowest BCUT2D eigenvalue weighted by Gasteiger charge is -2.35. The van der Waals surface area contributed by atoms with Crippen molar-refractivity contribution in [1.82, 2.24) is 0 Å². The SMILES string of the molecule is COC(=O)C1(C(=O)OC)CC=C(COCc2ccccc2)C(C)O1. The Labute approximate surface area is 141 Å². The third-order valence-corrected chi connectivity index (χ3v) is 3.96. The molecule has 1 aliphatic heterocycles. The number of carbonyl (C=O) groups excluding carboxylic acids is 2. The van der Waals surface area contributed by atoms with Crippen molar-refractivity contribution in [1.29, 1.82) is 0 Å². The minimum atomic E-state index is -1.74. The predicted molar refractivity (Wildman–Crippen MR) is 86.1 cm³/mol. The summed E-state index contributed by atoms with van der Waals surface area (Å²) >= 11 is 0. The highest BCUT2D eigenvalue weighted by atomic mass is 16.6. The van der Waals surface area contributed by atoms with Gasteiger partial charge in [-0.2, -0.15) is 0 Å². The van der Waals surface area contributed by atoms with E-state index < -0.39 is 23.6 Å². The van der Waals surface area contributed by atoms with E-state index in [4.69, 9.17) is 18.9 Å². The molecule has 0 aromatic heterocycles. The summed E-state index contributed by atoms with van der Waals surface area (Å²) in [6, 6.07) is 9.81. The Hall–Kier alpha value is -2.18. The summed E-state index contributed by atoms with van der Waals surface area (Å²) in [7, 11) is 2.42. The highest BCUT2D eigenvalue weighted by Crippen LogP contribution is 2.31. The van der Waals surface area contributed by atoms with E-state index in [9.17, 15) is 9.59 Å². The lowest BCUT2D eigenvalue weighted by Crippen LogP contribution is -2.54. The summed E-state index contributed by atoms with van der Waals surface area (Å²) in [6.45, 7) is 2.59. The van der Waals surface area contributed by atoms with Crippen LogP contribution in [-0.2, 0) is 35.1 Å². The lowest BCUT2D eigenvalue weighted by atomic mass is 9.92. The smallest absolute Gasteiger partial charge is 0.350 e.